The third-order valence-corrected chi connectivity index (χ3v) is 2.77. The Balaban J connectivity index is 2.48. The highest BCUT2D eigenvalue weighted by Crippen LogP contribution is 2.29. The minimum absolute atomic E-state index is 0.197. The number of hydrogen-bond acceptors (Lipinski definition) is 3. The number of pyridine rings is 1. The van der Waals surface area contributed by atoms with Crippen molar-refractivity contribution in [2.75, 3.05) is 14.2 Å². The molecule has 0 saturated heterocycles. The molecule has 0 spiro atoms. The van der Waals surface area contributed by atoms with Crippen LogP contribution in [-0.4, -0.2) is 19.1 Å². The van der Waals surface area contributed by atoms with Gasteiger partial charge in [-0.2, -0.15) is 0 Å². The Bertz CT molecular complexity index is 516. The van der Waals surface area contributed by atoms with Gasteiger partial charge >= 0.3 is 0 Å². The number of methoxy groups -OCH3 is 1. The molecular weight excluding hydrogens is 231 g/mol. The minimum atomic E-state index is -0.290. The minimum Gasteiger partial charge on any atom is -0.496 e. The molecule has 0 aliphatic heterocycles. The average molecular weight is 246 g/mol. The van der Waals surface area contributed by atoms with Gasteiger partial charge in [0.15, 0.2) is 0 Å². The summed E-state index contributed by atoms with van der Waals surface area (Å²) in [5.41, 5.74) is 1.56. The lowest BCUT2D eigenvalue weighted by molar-refractivity contribution is 0.403. The fourth-order valence-corrected chi connectivity index (χ4v) is 1.94. The first-order chi connectivity index (χ1) is 8.76. The van der Waals surface area contributed by atoms with Crippen LogP contribution in [0.15, 0.2) is 42.6 Å². The summed E-state index contributed by atoms with van der Waals surface area (Å²) in [6, 6.07) is 9.92. The summed E-state index contributed by atoms with van der Waals surface area (Å²) in [7, 11) is 3.38. The summed E-state index contributed by atoms with van der Waals surface area (Å²) in [5.74, 6) is 0.350. The van der Waals surface area contributed by atoms with E-state index in [2.05, 4.69) is 10.3 Å². The molecule has 18 heavy (non-hydrogen) atoms. The van der Waals surface area contributed by atoms with Crippen molar-refractivity contribution in [2.45, 2.75) is 6.04 Å². The molecule has 3 nitrogen and oxygen atoms in total. The van der Waals surface area contributed by atoms with Crippen LogP contribution in [-0.2, 0) is 0 Å². The fourth-order valence-electron chi connectivity index (χ4n) is 1.94. The lowest BCUT2D eigenvalue weighted by atomic mass is 10.0. The summed E-state index contributed by atoms with van der Waals surface area (Å²) in [5, 5.41) is 3.13. The summed E-state index contributed by atoms with van der Waals surface area (Å²) in [6.07, 6.45) is 1.71. The second kappa shape index (κ2) is 5.60. The van der Waals surface area contributed by atoms with Crippen molar-refractivity contribution >= 4 is 0 Å². The van der Waals surface area contributed by atoms with Crippen molar-refractivity contribution in [1.29, 1.82) is 0 Å². The third-order valence-electron chi connectivity index (χ3n) is 2.77. The van der Waals surface area contributed by atoms with Crippen LogP contribution in [0.25, 0.3) is 0 Å². The first kappa shape index (κ1) is 12.5. The second-order valence-electron chi connectivity index (χ2n) is 3.86. The van der Waals surface area contributed by atoms with Crippen molar-refractivity contribution in [2.24, 2.45) is 0 Å². The van der Waals surface area contributed by atoms with Gasteiger partial charge in [-0.15, -0.1) is 0 Å². The van der Waals surface area contributed by atoms with E-state index >= 15 is 0 Å². The van der Waals surface area contributed by atoms with Gasteiger partial charge in [-0.05, 0) is 37.4 Å². The maximum atomic E-state index is 13.4. The number of hydrogen-bond donors (Lipinski definition) is 1. The highest BCUT2D eigenvalue weighted by molar-refractivity contribution is 5.40. The van der Waals surface area contributed by atoms with Crippen molar-refractivity contribution < 1.29 is 9.13 Å². The molecule has 94 valence electrons. The summed E-state index contributed by atoms with van der Waals surface area (Å²) in [4.78, 5) is 4.29. The molecule has 1 unspecified atom stereocenters. The van der Waals surface area contributed by atoms with E-state index in [1.165, 1.54) is 12.1 Å². The monoisotopic (exact) mass is 246 g/mol. The van der Waals surface area contributed by atoms with E-state index < -0.39 is 0 Å². The van der Waals surface area contributed by atoms with Gasteiger partial charge in [0.05, 0.1) is 18.8 Å². The Morgan fingerprint density at radius 3 is 2.72 bits per heavy atom. The predicted octanol–water partition coefficient (Wildman–Crippen LogP) is 2.54. The molecule has 0 aliphatic carbocycles. The maximum absolute atomic E-state index is 13.4. The maximum Gasteiger partial charge on any atom is 0.124 e. The molecule has 2 aromatic rings. The van der Waals surface area contributed by atoms with E-state index in [1.54, 1.807) is 19.4 Å². The van der Waals surface area contributed by atoms with E-state index in [0.717, 1.165) is 11.3 Å². The van der Waals surface area contributed by atoms with Gasteiger partial charge in [-0.25, -0.2) is 4.39 Å². The third kappa shape index (κ3) is 2.49. The molecule has 0 saturated carbocycles. The molecule has 4 heteroatoms. The van der Waals surface area contributed by atoms with Crippen LogP contribution in [0.3, 0.4) is 0 Å². The Hall–Kier alpha value is -1.94. The number of benzene rings is 1. The van der Waals surface area contributed by atoms with Crippen LogP contribution in [0, 0.1) is 5.82 Å². The Morgan fingerprint density at radius 2 is 2.11 bits per heavy atom. The summed E-state index contributed by atoms with van der Waals surface area (Å²) >= 11 is 0. The number of halogens is 1. The SMILES string of the molecule is CNC(c1ccccn1)c1cc(F)ccc1OC. The molecule has 1 aromatic carbocycles. The Labute approximate surface area is 106 Å². The Morgan fingerprint density at radius 1 is 1.28 bits per heavy atom. The van der Waals surface area contributed by atoms with Crippen LogP contribution < -0.4 is 10.1 Å². The number of nitrogens with zero attached hydrogens (tertiary/aromatic N) is 1. The molecule has 1 heterocycles. The molecule has 0 fully saturated rings. The van der Waals surface area contributed by atoms with Crippen LogP contribution in [0.4, 0.5) is 4.39 Å². The predicted molar refractivity (Wildman–Crippen MR) is 68.1 cm³/mol. The zero-order valence-corrected chi connectivity index (χ0v) is 10.4. The highest BCUT2D eigenvalue weighted by Gasteiger charge is 2.18. The second-order valence-corrected chi connectivity index (χ2v) is 3.86. The van der Waals surface area contributed by atoms with Crippen LogP contribution in [0.1, 0.15) is 17.3 Å². The van der Waals surface area contributed by atoms with E-state index in [-0.39, 0.29) is 11.9 Å². The lowest BCUT2D eigenvalue weighted by Crippen LogP contribution is -2.19. The fraction of sp³-hybridized carbons (Fsp3) is 0.214. The molecule has 0 aliphatic rings. The number of ether oxygens (including phenoxy) is 1. The topological polar surface area (TPSA) is 34.2 Å². The number of rotatable bonds is 4. The highest BCUT2D eigenvalue weighted by atomic mass is 19.1. The van der Waals surface area contributed by atoms with Gasteiger partial charge in [-0.3, -0.25) is 4.98 Å². The van der Waals surface area contributed by atoms with Gasteiger partial charge < -0.3 is 10.1 Å². The van der Waals surface area contributed by atoms with Crippen molar-refractivity contribution in [1.82, 2.24) is 10.3 Å². The zero-order chi connectivity index (χ0) is 13.0. The van der Waals surface area contributed by atoms with Crippen LogP contribution in [0.2, 0.25) is 0 Å². The van der Waals surface area contributed by atoms with Gasteiger partial charge in [0.2, 0.25) is 0 Å². The molecular formula is C14H15FN2O. The van der Waals surface area contributed by atoms with Crippen molar-refractivity contribution in [3.63, 3.8) is 0 Å². The molecule has 0 bridgehead atoms. The van der Waals surface area contributed by atoms with Gasteiger partial charge in [0.1, 0.15) is 11.6 Å². The first-order valence-corrected chi connectivity index (χ1v) is 5.68. The Kier molecular flexibility index (Phi) is 3.89. The molecule has 1 atom stereocenters. The smallest absolute Gasteiger partial charge is 0.124 e. The first-order valence-electron chi connectivity index (χ1n) is 5.68. The van der Waals surface area contributed by atoms with E-state index in [1.807, 2.05) is 25.2 Å². The number of aromatic nitrogens is 1. The van der Waals surface area contributed by atoms with Crippen molar-refractivity contribution in [3.8, 4) is 5.75 Å². The van der Waals surface area contributed by atoms with E-state index in [9.17, 15) is 4.39 Å². The summed E-state index contributed by atoms with van der Waals surface area (Å²) < 4.78 is 18.7. The largest absolute Gasteiger partial charge is 0.496 e. The normalized spacial score (nSPS) is 12.2. The molecule has 0 radical (unpaired) electrons. The summed E-state index contributed by atoms with van der Waals surface area (Å²) in [6.45, 7) is 0. The van der Waals surface area contributed by atoms with Crippen LogP contribution >= 0.6 is 0 Å². The van der Waals surface area contributed by atoms with E-state index in [4.69, 9.17) is 4.74 Å². The quantitative estimate of drug-likeness (QED) is 0.900. The molecule has 2 rings (SSSR count). The van der Waals surface area contributed by atoms with Gasteiger partial charge in [-0.1, -0.05) is 6.07 Å². The number of nitrogens with one attached hydrogen (secondary N) is 1. The van der Waals surface area contributed by atoms with Gasteiger partial charge in [0.25, 0.3) is 0 Å². The van der Waals surface area contributed by atoms with Crippen molar-refractivity contribution in [3.05, 3.63) is 59.7 Å². The average Bonchev–Trinajstić information content (AvgIpc) is 2.41. The molecule has 1 N–H and O–H groups in total. The lowest BCUT2D eigenvalue weighted by Gasteiger charge is -2.18. The van der Waals surface area contributed by atoms with Crippen LogP contribution in [0.5, 0.6) is 5.75 Å². The molecule has 0 amide bonds. The molecule has 1 aromatic heterocycles. The standard InChI is InChI=1S/C14H15FN2O/c1-16-14(12-5-3-4-8-17-12)11-9-10(15)6-7-13(11)18-2/h3-9,14,16H,1-2H3. The zero-order valence-electron chi connectivity index (χ0n) is 10.4. The van der Waals surface area contributed by atoms with E-state index in [0.29, 0.717) is 5.75 Å². The van der Waals surface area contributed by atoms with Gasteiger partial charge in [0, 0.05) is 11.8 Å².